The van der Waals surface area contributed by atoms with Crippen LogP contribution in [0.5, 0.6) is 0 Å². The highest BCUT2D eigenvalue weighted by molar-refractivity contribution is 6.30. The minimum Gasteiger partial charge on any atom is -0.318 e. The molecule has 0 aliphatic heterocycles. The van der Waals surface area contributed by atoms with Crippen molar-refractivity contribution in [1.29, 1.82) is 0 Å². The maximum Gasteiger partial charge on any atom is 0.323 e. The Balaban J connectivity index is 1.73. The fraction of sp³-hybridized carbons (Fsp3) is 0.176. The first-order valence-electron chi connectivity index (χ1n) is 8.00. The summed E-state index contributed by atoms with van der Waals surface area (Å²) in [6.07, 6.45) is 2.97. The molecule has 27 heavy (non-hydrogen) atoms. The summed E-state index contributed by atoms with van der Waals surface area (Å²) in [5.74, 6) is -0.409. The van der Waals surface area contributed by atoms with E-state index in [2.05, 4.69) is 26.1 Å². The van der Waals surface area contributed by atoms with Crippen LogP contribution in [-0.2, 0) is 14.1 Å². The molecule has 3 N–H and O–H groups in total. The quantitative estimate of drug-likeness (QED) is 0.639. The predicted molar refractivity (Wildman–Crippen MR) is 103 cm³/mol. The van der Waals surface area contributed by atoms with E-state index in [-0.39, 0.29) is 11.4 Å². The van der Waals surface area contributed by atoms with Gasteiger partial charge in [-0.3, -0.25) is 14.2 Å². The topological polar surface area (TPSA) is 106 Å². The summed E-state index contributed by atoms with van der Waals surface area (Å²) in [5, 5.41) is 16.8. The van der Waals surface area contributed by atoms with Gasteiger partial charge in [0.25, 0.3) is 5.91 Å². The molecule has 3 rings (SSSR count). The van der Waals surface area contributed by atoms with Crippen molar-refractivity contribution in [2.75, 3.05) is 16.0 Å². The van der Waals surface area contributed by atoms with Crippen LogP contribution in [0.2, 0.25) is 5.02 Å². The number of carbonyl (C=O) groups is 2. The average molecular weight is 388 g/mol. The highest BCUT2D eigenvalue weighted by atomic mass is 35.5. The molecule has 140 valence electrons. The van der Waals surface area contributed by atoms with E-state index in [0.29, 0.717) is 16.4 Å². The Labute approximate surface area is 160 Å². The van der Waals surface area contributed by atoms with E-state index in [1.54, 1.807) is 49.2 Å². The van der Waals surface area contributed by atoms with Crippen LogP contribution in [0.4, 0.5) is 21.9 Å². The van der Waals surface area contributed by atoms with E-state index in [1.807, 2.05) is 6.92 Å². The van der Waals surface area contributed by atoms with Crippen molar-refractivity contribution < 1.29 is 9.59 Å². The SMILES string of the molecule is Cc1c(NC(=O)c2c(NC(=O)Nc3ccc(Cl)cc3)cnn2C)cnn1C. The number of rotatable bonds is 4. The zero-order valence-electron chi connectivity index (χ0n) is 14.9. The lowest BCUT2D eigenvalue weighted by Gasteiger charge is -2.10. The number of halogens is 1. The molecule has 0 spiro atoms. The van der Waals surface area contributed by atoms with Crippen molar-refractivity contribution >= 4 is 40.6 Å². The van der Waals surface area contributed by atoms with Crippen molar-refractivity contribution in [1.82, 2.24) is 19.6 Å². The number of nitrogens with zero attached hydrogens (tertiary/aromatic N) is 4. The number of aryl methyl sites for hydroxylation is 2. The van der Waals surface area contributed by atoms with Crippen molar-refractivity contribution in [3.63, 3.8) is 0 Å². The largest absolute Gasteiger partial charge is 0.323 e. The maximum atomic E-state index is 12.7. The Morgan fingerprint density at radius 1 is 0.926 bits per heavy atom. The second kappa shape index (κ2) is 7.50. The van der Waals surface area contributed by atoms with Crippen LogP contribution >= 0.6 is 11.6 Å². The number of amides is 3. The van der Waals surface area contributed by atoms with Crippen LogP contribution in [0.15, 0.2) is 36.7 Å². The van der Waals surface area contributed by atoms with Gasteiger partial charge in [-0.1, -0.05) is 11.6 Å². The summed E-state index contributed by atoms with van der Waals surface area (Å²) >= 11 is 5.83. The molecule has 0 aliphatic rings. The van der Waals surface area contributed by atoms with Gasteiger partial charge in [0.15, 0.2) is 0 Å². The number of hydrogen-bond acceptors (Lipinski definition) is 4. The van der Waals surface area contributed by atoms with Gasteiger partial charge in [-0.25, -0.2) is 4.79 Å². The van der Waals surface area contributed by atoms with Gasteiger partial charge < -0.3 is 16.0 Å². The molecule has 0 saturated carbocycles. The number of benzene rings is 1. The van der Waals surface area contributed by atoms with Gasteiger partial charge >= 0.3 is 6.03 Å². The monoisotopic (exact) mass is 387 g/mol. The number of anilines is 3. The third-order valence-corrected chi connectivity index (χ3v) is 4.24. The lowest BCUT2D eigenvalue weighted by molar-refractivity contribution is 0.101. The van der Waals surface area contributed by atoms with E-state index in [4.69, 9.17) is 11.6 Å². The van der Waals surface area contributed by atoms with Crippen LogP contribution in [-0.4, -0.2) is 31.5 Å². The molecule has 10 heteroatoms. The Bertz CT molecular complexity index is 991. The molecule has 1 aromatic carbocycles. The molecule has 0 radical (unpaired) electrons. The summed E-state index contributed by atoms with van der Waals surface area (Å²) in [6.45, 7) is 1.84. The number of hydrogen-bond donors (Lipinski definition) is 3. The van der Waals surface area contributed by atoms with E-state index in [9.17, 15) is 9.59 Å². The molecule has 2 aromatic heterocycles. The Kier molecular flexibility index (Phi) is 5.13. The average Bonchev–Trinajstić information content (AvgIpc) is 3.13. The molecule has 0 fully saturated rings. The molecule has 0 atom stereocenters. The number of carbonyl (C=O) groups excluding carboxylic acids is 2. The van der Waals surface area contributed by atoms with Crippen LogP contribution in [0.25, 0.3) is 0 Å². The first-order chi connectivity index (χ1) is 12.8. The lowest BCUT2D eigenvalue weighted by Crippen LogP contribution is -2.23. The van der Waals surface area contributed by atoms with Gasteiger partial charge in [0.1, 0.15) is 5.69 Å². The minimum absolute atomic E-state index is 0.213. The third kappa shape index (κ3) is 4.09. The minimum atomic E-state index is -0.503. The van der Waals surface area contributed by atoms with Gasteiger partial charge in [-0.15, -0.1) is 0 Å². The number of nitrogens with one attached hydrogen (secondary N) is 3. The van der Waals surface area contributed by atoms with Crippen LogP contribution < -0.4 is 16.0 Å². The van der Waals surface area contributed by atoms with Gasteiger partial charge in [-0.2, -0.15) is 10.2 Å². The van der Waals surface area contributed by atoms with Crippen molar-refractivity contribution in [2.24, 2.45) is 14.1 Å². The van der Waals surface area contributed by atoms with Crippen molar-refractivity contribution in [2.45, 2.75) is 6.92 Å². The lowest BCUT2D eigenvalue weighted by atomic mass is 10.3. The predicted octanol–water partition coefficient (Wildman–Crippen LogP) is 3.01. The molecule has 0 unspecified atom stereocenters. The highest BCUT2D eigenvalue weighted by Gasteiger charge is 2.20. The van der Waals surface area contributed by atoms with E-state index in [1.165, 1.54) is 10.9 Å². The smallest absolute Gasteiger partial charge is 0.318 e. The third-order valence-electron chi connectivity index (χ3n) is 3.99. The second-order valence-electron chi connectivity index (χ2n) is 5.84. The van der Waals surface area contributed by atoms with Gasteiger partial charge in [0.05, 0.1) is 29.5 Å². The van der Waals surface area contributed by atoms with Crippen LogP contribution in [0.3, 0.4) is 0 Å². The second-order valence-corrected chi connectivity index (χ2v) is 6.27. The van der Waals surface area contributed by atoms with Crippen molar-refractivity contribution in [3.8, 4) is 0 Å². The molecule has 3 amide bonds. The zero-order chi connectivity index (χ0) is 19.6. The molecule has 0 saturated heterocycles. The molecule has 9 nitrogen and oxygen atoms in total. The summed E-state index contributed by atoms with van der Waals surface area (Å²) in [6, 6.07) is 6.16. The van der Waals surface area contributed by atoms with E-state index in [0.717, 1.165) is 5.69 Å². The molecule has 3 aromatic rings. The van der Waals surface area contributed by atoms with Gasteiger partial charge in [0.2, 0.25) is 0 Å². The molecule has 0 bridgehead atoms. The Morgan fingerprint density at radius 2 is 1.56 bits per heavy atom. The summed E-state index contributed by atoms with van der Waals surface area (Å²) in [7, 11) is 3.40. The van der Waals surface area contributed by atoms with E-state index >= 15 is 0 Å². The molecular formula is C17H18ClN7O2. The molecular weight excluding hydrogens is 370 g/mol. The summed E-state index contributed by atoms with van der Waals surface area (Å²) in [5.41, 5.74) is 2.45. The maximum absolute atomic E-state index is 12.7. The number of urea groups is 1. The highest BCUT2D eigenvalue weighted by Crippen LogP contribution is 2.19. The Hall–Kier alpha value is -3.33. The fourth-order valence-electron chi connectivity index (χ4n) is 2.42. The first-order valence-corrected chi connectivity index (χ1v) is 8.38. The molecule has 2 heterocycles. The van der Waals surface area contributed by atoms with Crippen LogP contribution in [0.1, 0.15) is 16.2 Å². The summed E-state index contributed by atoms with van der Waals surface area (Å²) < 4.78 is 3.04. The fourth-order valence-corrected chi connectivity index (χ4v) is 2.55. The number of aromatic nitrogens is 4. The van der Waals surface area contributed by atoms with Gasteiger partial charge in [0, 0.05) is 24.8 Å². The summed E-state index contributed by atoms with van der Waals surface area (Å²) in [4.78, 5) is 24.9. The Morgan fingerprint density at radius 3 is 2.19 bits per heavy atom. The standard InChI is InChI=1S/C17H18ClN7O2/c1-10-13(8-19-24(10)2)22-16(26)15-14(9-20-25(15)3)23-17(27)21-12-6-4-11(18)5-7-12/h4-9H,1-3H3,(H,22,26)(H2,21,23,27). The first kappa shape index (κ1) is 18.5. The molecule has 0 aliphatic carbocycles. The van der Waals surface area contributed by atoms with E-state index < -0.39 is 11.9 Å². The van der Waals surface area contributed by atoms with Crippen LogP contribution in [0, 0.1) is 6.92 Å². The van der Waals surface area contributed by atoms with Crippen molar-refractivity contribution in [3.05, 3.63) is 53.1 Å². The normalized spacial score (nSPS) is 10.5. The zero-order valence-corrected chi connectivity index (χ0v) is 15.7. The van der Waals surface area contributed by atoms with Gasteiger partial charge in [-0.05, 0) is 31.2 Å².